The second-order valence-electron chi connectivity index (χ2n) is 2.72. The van der Waals surface area contributed by atoms with Gasteiger partial charge >= 0.3 is 16.5 Å². The van der Waals surface area contributed by atoms with Gasteiger partial charge in [-0.05, 0) is 6.42 Å². The Morgan fingerprint density at radius 2 is 1.85 bits per heavy atom. The van der Waals surface area contributed by atoms with Crippen LogP contribution in [0.15, 0.2) is 0 Å². The highest BCUT2D eigenvalue weighted by Gasteiger charge is 2.36. The molecule has 78 valence electrons. The van der Waals surface area contributed by atoms with Gasteiger partial charge in [0.1, 0.15) is 0 Å². The van der Waals surface area contributed by atoms with Crippen LogP contribution in [0.2, 0.25) is 0 Å². The molecule has 1 aliphatic heterocycles. The Hall–Kier alpha value is 0.300. The molecule has 0 spiro atoms. The predicted molar refractivity (Wildman–Crippen MR) is 47.7 cm³/mol. The summed E-state index contributed by atoms with van der Waals surface area (Å²) in [7, 11) is -5.49. The maximum Gasteiger partial charge on any atom is 0.329 e. The maximum atomic E-state index is 10.9. The van der Waals surface area contributed by atoms with Gasteiger partial charge in [0.2, 0.25) is 5.91 Å². The molecule has 0 amide bonds. The van der Waals surface area contributed by atoms with Crippen LogP contribution in [0.3, 0.4) is 0 Å². The number of unbranched alkanes of at least 4 members (excludes halogenated alkanes) is 1. The van der Waals surface area contributed by atoms with Crippen LogP contribution in [-0.2, 0) is 22.5 Å². The lowest BCUT2D eigenvalue weighted by molar-refractivity contribution is -0.129. The molecule has 2 unspecified atom stereocenters. The summed E-state index contributed by atoms with van der Waals surface area (Å²) in [4.78, 5) is 0. The Kier molecular flexibility index (Phi) is 4.10. The van der Waals surface area contributed by atoms with Crippen molar-refractivity contribution in [1.29, 1.82) is 0 Å². The van der Waals surface area contributed by atoms with E-state index in [4.69, 9.17) is 14.8 Å². The first-order valence-corrected chi connectivity index (χ1v) is 6.43. The fourth-order valence-electron chi connectivity index (χ4n) is 0.938. The standard InChI is InChI=1S/C5H13NO5P2/c1-2-3-4-5(6)9-12(7)11-13(8)10-5/h12-13H,2-4,6H2,1H3. The highest BCUT2D eigenvalue weighted by molar-refractivity contribution is 7.48. The van der Waals surface area contributed by atoms with Crippen molar-refractivity contribution in [2.24, 2.45) is 5.73 Å². The summed E-state index contributed by atoms with van der Waals surface area (Å²) < 4.78 is 35.5. The molecule has 1 aliphatic rings. The molecule has 13 heavy (non-hydrogen) atoms. The number of rotatable bonds is 3. The van der Waals surface area contributed by atoms with Crippen LogP contribution >= 0.6 is 16.5 Å². The Balaban J connectivity index is 2.55. The van der Waals surface area contributed by atoms with Gasteiger partial charge in [0, 0.05) is 6.42 Å². The fraction of sp³-hybridized carbons (Fsp3) is 1.00. The van der Waals surface area contributed by atoms with Crippen LogP contribution in [0.5, 0.6) is 0 Å². The van der Waals surface area contributed by atoms with Gasteiger partial charge in [-0.1, -0.05) is 13.3 Å². The topological polar surface area (TPSA) is 87.9 Å². The van der Waals surface area contributed by atoms with Crippen LogP contribution in [0.25, 0.3) is 0 Å². The van der Waals surface area contributed by atoms with Gasteiger partial charge in [-0.15, -0.1) is 0 Å². The Labute approximate surface area is 77.6 Å². The fourth-order valence-corrected chi connectivity index (χ4v) is 2.75. The van der Waals surface area contributed by atoms with Gasteiger partial charge in [-0.25, -0.2) is 4.31 Å². The van der Waals surface area contributed by atoms with E-state index < -0.39 is 22.4 Å². The molecule has 0 aromatic heterocycles. The smallest absolute Gasteiger partial charge is 0.279 e. The molecule has 6 nitrogen and oxygen atoms in total. The number of hydrogen-bond donors (Lipinski definition) is 1. The van der Waals surface area contributed by atoms with Crippen molar-refractivity contribution in [3.8, 4) is 0 Å². The zero-order valence-corrected chi connectivity index (χ0v) is 9.24. The lowest BCUT2D eigenvalue weighted by Crippen LogP contribution is -2.43. The minimum Gasteiger partial charge on any atom is -0.279 e. The molecule has 2 atom stereocenters. The molecule has 0 saturated carbocycles. The number of nitrogens with two attached hydrogens (primary N) is 1. The van der Waals surface area contributed by atoms with Gasteiger partial charge in [0.25, 0.3) is 0 Å². The van der Waals surface area contributed by atoms with Crippen LogP contribution in [-0.4, -0.2) is 5.91 Å². The number of hydrogen-bond acceptors (Lipinski definition) is 6. The van der Waals surface area contributed by atoms with Gasteiger partial charge in [-0.2, -0.15) is 0 Å². The lowest BCUT2D eigenvalue weighted by atomic mass is 10.2. The summed E-state index contributed by atoms with van der Waals surface area (Å²) in [6.07, 6.45) is 2.01. The summed E-state index contributed by atoms with van der Waals surface area (Å²) in [5, 5.41) is 0. The monoisotopic (exact) mass is 229 g/mol. The molecule has 2 N–H and O–H groups in total. The third kappa shape index (κ3) is 3.50. The van der Waals surface area contributed by atoms with Gasteiger partial charge in [0.05, 0.1) is 0 Å². The second kappa shape index (κ2) is 4.69. The van der Waals surface area contributed by atoms with E-state index in [0.717, 1.165) is 12.8 Å². The third-order valence-electron chi connectivity index (χ3n) is 1.56. The first-order chi connectivity index (χ1) is 6.06. The summed E-state index contributed by atoms with van der Waals surface area (Å²) >= 11 is 0. The highest BCUT2D eigenvalue weighted by Crippen LogP contribution is 2.51. The van der Waals surface area contributed by atoms with Crippen LogP contribution in [0, 0.1) is 0 Å². The van der Waals surface area contributed by atoms with E-state index in [9.17, 15) is 9.13 Å². The summed E-state index contributed by atoms with van der Waals surface area (Å²) in [6.45, 7) is 1.97. The minimum absolute atomic E-state index is 0.361. The first-order valence-electron chi connectivity index (χ1n) is 3.98. The van der Waals surface area contributed by atoms with Crippen molar-refractivity contribution in [3.63, 3.8) is 0 Å². The van der Waals surface area contributed by atoms with E-state index in [1.807, 2.05) is 6.92 Å². The molecule has 1 saturated heterocycles. The lowest BCUT2D eigenvalue weighted by Gasteiger charge is -2.31. The molecular formula is C5H13NO5P2. The third-order valence-corrected chi connectivity index (χ3v) is 3.92. The van der Waals surface area contributed by atoms with Crippen molar-refractivity contribution < 1.29 is 22.5 Å². The van der Waals surface area contributed by atoms with Gasteiger partial charge < -0.3 is 0 Å². The molecule has 1 fully saturated rings. The normalized spacial score (nSPS) is 40.5. The van der Waals surface area contributed by atoms with Crippen molar-refractivity contribution in [3.05, 3.63) is 0 Å². The molecule has 0 radical (unpaired) electrons. The predicted octanol–water partition coefficient (Wildman–Crippen LogP) is 1.63. The van der Waals surface area contributed by atoms with Crippen LogP contribution in [0.4, 0.5) is 0 Å². The molecule has 0 bridgehead atoms. The van der Waals surface area contributed by atoms with E-state index in [2.05, 4.69) is 4.31 Å². The minimum atomic E-state index is -2.74. The largest absolute Gasteiger partial charge is 0.329 e. The van der Waals surface area contributed by atoms with E-state index in [1.54, 1.807) is 0 Å². The Bertz CT molecular complexity index is 217. The maximum absolute atomic E-state index is 10.9. The van der Waals surface area contributed by atoms with Crippen molar-refractivity contribution in [1.82, 2.24) is 0 Å². The van der Waals surface area contributed by atoms with Gasteiger partial charge in [-0.3, -0.25) is 23.9 Å². The molecule has 8 heteroatoms. The zero-order valence-electron chi connectivity index (χ0n) is 7.24. The summed E-state index contributed by atoms with van der Waals surface area (Å²) in [5.41, 5.74) is 5.55. The van der Waals surface area contributed by atoms with Crippen molar-refractivity contribution >= 4 is 16.5 Å². The Morgan fingerprint density at radius 3 is 2.31 bits per heavy atom. The average molecular weight is 229 g/mol. The Morgan fingerprint density at radius 1 is 1.31 bits per heavy atom. The van der Waals surface area contributed by atoms with Crippen LogP contribution in [0.1, 0.15) is 26.2 Å². The molecule has 0 aromatic rings. The SMILES string of the molecule is CCCCC1(N)O[PH](=O)O[PH](=O)O1. The molecular weight excluding hydrogens is 216 g/mol. The average Bonchev–Trinajstić information content (AvgIpc) is 1.98. The molecule has 0 aromatic carbocycles. The summed E-state index contributed by atoms with van der Waals surface area (Å²) in [6, 6.07) is 0. The van der Waals surface area contributed by atoms with Crippen molar-refractivity contribution in [2.45, 2.75) is 32.1 Å². The van der Waals surface area contributed by atoms with E-state index in [-0.39, 0.29) is 0 Å². The van der Waals surface area contributed by atoms with E-state index in [0.29, 0.717) is 6.42 Å². The molecule has 0 aliphatic carbocycles. The quantitative estimate of drug-likeness (QED) is 0.740. The van der Waals surface area contributed by atoms with Crippen LogP contribution < -0.4 is 5.73 Å². The second-order valence-corrected chi connectivity index (χ2v) is 4.95. The highest BCUT2D eigenvalue weighted by atomic mass is 31.2. The van der Waals surface area contributed by atoms with Crippen molar-refractivity contribution in [2.75, 3.05) is 0 Å². The zero-order chi connectivity index (χ0) is 9.90. The van der Waals surface area contributed by atoms with E-state index in [1.165, 1.54) is 0 Å². The molecule has 1 heterocycles. The summed E-state index contributed by atoms with van der Waals surface area (Å²) in [5.74, 6) is -1.49. The molecule has 1 rings (SSSR count). The first kappa shape index (κ1) is 11.4. The van der Waals surface area contributed by atoms with Gasteiger partial charge in [0.15, 0.2) is 0 Å². The van der Waals surface area contributed by atoms with E-state index >= 15 is 0 Å².